The maximum atomic E-state index is 3.46. The van der Waals surface area contributed by atoms with E-state index in [1.807, 2.05) is 0 Å². The van der Waals surface area contributed by atoms with Gasteiger partial charge in [0.05, 0.1) is 0 Å². The molecule has 2 rings (SSSR count). The Balaban J connectivity index is 1.93. The molecule has 2 nitrogen and oxygen atoms in total. The maximum absolute atomic E-state index is 3.46. The predicted octanol–water partition coefficient (Wildman–Crippen LogP) is 1.57. The highest BCUT2D eigenvalue weighted by atomic mass is 14.9. The van der Waals surface area contributed by atoms with E-state index < -0.39 is 0 Å². The molecule has 2 heteroatoms. The van der Waals surface area contributed by atoms with Gasteiger partial charge in [-0.2, -0.15) is 0 Å². The molecule has 1 N–H and O–H groups in total. The van der Waals surface area contributed by atoms with E-state index in [1.54, 1.807) is 0 Å². The van der Waals surface area contributed by atoms with Crippen molar-refractivity contribution in [1.82, 2.24) is 9.88 Å². The van der Waals surface area contributed by atoms with Crippen molar-refractivity contribution in [2.24, 2.45) is 13.0 Å². The number of hydrogen-bond acceptors (Lipinski definition) is 1. The molecule has 0 amide bonds. The van der Waals surface area contributed by atoms with E-state index in [0.717, 1.165) is 5.92 Å². The zero-order valence-corrected chi connectivity index (χ0v) is 8.29. The van der Waals surface area contributed by atoms with Gasteiger partial charge >= 0.3 is 0 Å². The molecule has 1 aliphatic heterocycles. The first-order valence-electron chi connectivity index (χ1n) is 5.17. The normalized spacial score (nSPS) is 23.3. The highest BCUT2D eigenvalue weighted by molar-refractivity contribution is 5.07. The maximum Gasteiger partial charge on any atom is 0.0175 e. The standard InChI is InChI=1S/C11H18N2/c1-13-7-3-5-11(13)8-10-4-2-6-12-9-10/h3,5,7,10,12H,2,4,6,8-9H2,1H3. The topological polar surface area (TPSA) is 17.0 Å². The summed E-state index contributed by atoms with van der Waals surface area (Å²) in [7, 11) is 2.13. The lowest BCUT2D eigenvalue weighted by atomic mass is 9.95. The summed E-state index contributed by atoms with van der Waals surface area (Å²) < 4.78 is 2.23. The Labute approximate surface area is 79.9 Å². The molecule has 13 heavy (non-hydrogen) atoms. The molecule has 0 saturated carbocycles. The van der Waals surface area contributed by atoms with Gasteiger partial charge in [-0.15, -0.1) is 0 Å². The molecule has 72 valence electrons. The van der Waals surface area contributed by atoms with Crippen molar-refractivity contribution in [2.45, 2.75) is 19.3 Å². The summed E-state index contributed by atoms with van der Waals surface area (Å²) in [5.41, 5.74) is 1.47. The van der Waals surface area contributed by atoms with Crippen LogP contribution in [0.2, 0.25) is 0 Å². The largest absolute Gasteiger partial charge is 0.354 e. The molecule has 1 aromatic rings. The average molecular weight is 178 g/mol. The molecule has 0 bridgehead atoms. The van der Waals surface area contributed by atoms with Gasteiger partial charge in [-0.3, -0.25) is 0 Å². The molecule has 0 aliphatic carbocycles. The lowest BCUT2D eigenvalue weighted by molar-refractivity contribution is 0.371. The van der Waals surface area contributed by atoms with Gasteiger partial charge in [0.15, 0.2) is 0 Å². The van der Waals surface area contributed by atoms with Crippen LogP contribution in [0.5, 0.6) is 0 Å². The number of aromatic nitrogens is 1. The minimum absolute atomic E-state index is 0.849. The quantitative estimate of drug-likeness (QED) is 0.727. The second-order valence-electron chi connectivity index (χ2n) is 4.03. The lowest BCUT2D eigenvalue weighted by Gasteiger charge is -2.22. The Morgan fingerprint density at radius 1 is 1.62 bits per heavy atom. The highest BCUT2D eigenvalue weighted by Gasteiger charge is 2.14. The summed E-state index contributed by atoms with van der Waals surface area (Å²) >= 11 is 0. The van der Waals surface area contributed by atoms with Crippen LogP contribution in [-0.2, 0) is 13.5 Å². The van der Waals surface area contributed by atoms with Gasteiger partial charge in [-0.1, -0.05) is 0 Å². The van der Waals surface area contributed by atoms with Crippen LogP contribution >= 0.6 is 0 Å². The zero-order chi connectivity index (χ0) is 9.10. The third-order valence-corrected chi connectivity index (χ3v) is 2.95. The van der Waals surface area contributed by atoms with Gasteiger partial charge in [0.2, 0.25) is 0 Å². The molecular formula is C11H18N2. The summed E-state index contributed by atoms with van der Waals surface area (Å²) in [6, 6.07) is 4.36. The van der Waals surface area contributed by atoms with Crippen molar-refractivity contribution in [1.29, 1.82) is 0 Å². The number of aryl methyl sites for hydroxylation is 1. The van der Waals surface area contributed by atoms with Crippen LogP contribution < -0.4 is 5.32 Å². The minimum Gasteiger partial charge on any atom is -0.354 e. The van der Waals surface area contributed by atoms with E-state index in [9.17, 15) is 0 Å². The van der Waals surface area contributed by atoms with Crippen molar-refractivity contribution < 1.29 is 0 Å². The average Bonchev–Trinajstić information content (AvgIpc) is 2.54. The van der Waals surface area contributed by atoms with Gasteiger partial charge < -0.3 is 9.88 Å². The first-order chi connectivity index (χ1) is 6.36. The van der Waals surface area contributed by atoms with Gasteiger partial charge in [0, 0.05) is 18.9 Å². The fourth-order valence-electron chi connectivity index (χ4n) is 2.10. The van der Waals surface area contributed by atoms with Gasteiger partial charge in [0.25, 0.3) is 0 Å². The molecule has 1 atom stereocenters. The van der Waals surface area contributed by atoms with Crippen LogP contribution in [0, 0.1) is 5.92 Å². The zero-order valence-electron chi connectivity index (χ0n) is 8.29. The van der Waals surface area contributed by atoms with Crippen molar-refractivity contribution in [2.75, 3.05) is 13.1 Å². The molecule has 1 fully saturated rings. The predicted molar refractivity (Wildman–Crippen MR) is 54.7 cm³/mol. The van der Waals surface area contributed by atoms with Crippen molar-refractivity contribution in [3.63, 3.8) is 0 Å². The van der Waals surface area contributed by atoms with Crippen LogP contribution in [0.15, 0.2) is 18.3 Å². The van der Waals surface area contributed by atoms with E-state index >= 15 is 0 Å². The molecule has 0 radical (unpaired) electrons. The lowest BCUT2D eigenvalue weighted by Crippen LogP contribution is -2.31. The monoisotopic (exact) mass is 178 g/mol. The molecular weight excluding hydrogens is 160 g/mol. The fraction of sp³-hybridized carbons (Fsp3) is 0.636. The molecule has 1 aliphatic rings. The Morgan fingerprint density at radius 3 is 3.15 bits per heavy atom. The number of hydrogen-bond donors (Lipinski definition) is 1. The van der Waals surface area contributed by atoms with Crippen LogP contribution in [0.4, 0.5) is 0 Å². The molecule has 0 aromatic carbocycles. The first kappa shape index (κ1) is 8.82. The van der Waals surface area contributed by atoms with Crippen molar-refractivity contribution in [3.8, 4) is 0 Å². The fourth-order valence-corrected chi connectivity index (χ4v) is 2.10. The Morgan fingerprint density at radius 2 is 2.54 bits per heavy atom. The number of rotatable bonds is 2. The van der Waals surface area contributed by atoms with E-state index in [2.05, 4.69) is 35.3 Å². The van der Waals surface area contributed by atoms with E-state index in [0.29, 0.717) is 0 Å². The van der Waals surface area contributed by atoms with E-state index in [-0.39, 0.29) is 0 Å². The molecule has 2 heterocycles. The van der Waals surface area contributed by atoms with Crippen molar-refractivity contribution >= 4 is 0 Å². The summed E-state index contributed by atoms with van der Waals surface area (Å²) in [5.74, 6) is 0.849. The molecule has 1 aromatic heterocycles. The Bertz CT molecular complexity index is 259. The van der Waals surface area contributed by atoms with Crippen LogP contribution in [0.3, 0.4) is 0 Å². The van der Waals surface area contributed by atoms with Gasteiger partial charge in [0.1, 0.15) is 0 Å². The summed E-state index contributed by atoms with van der Waals surface area (Å²) in [4.78, 5) is 0. The number of nitrogens with zero attached hydrogens (tertiary/aromatic N) is 1. The Kier molecular flexibility index (Phi) is 2.69. The molecule has 0 spiro atoms. The third-order valence-electron chi connectivity index (χ3n) is 2.95. The smallest absolute Gasteiger partial charge is 0.0175 e. The van der Waals surface area contributed by atoms with Gasteiger partial charge in [-0.05, 0) is 50.4 Å². The highest BCUT2D eigenvalue weighted by Crippen LogP contribution is 2.16. The summed E-state index contributed by atoms with van der Waals surface area (Å²) in [6.45, 7) is 2.41. The van der Waals surface area contributed by atoms with E-state index in [4.69, 9.17) is 0 Å². The van der Waals surface area contributed by atoms with Gasteiger partial charge in [-0.25, -0.2) is 0 Å². The van der Waals surface area contributed by atoms with E-state index in [1.165, 1.54) is 38.0 Å². The SMILES string of the molecule is Cn1cccc1CC1CCCNC1. The minimum atomic E-state index is 0.849. The van der Waals surface area contributed by atoms with Crippen LogP contribution in [0.1, 0.15) is 18.5 Å². The second-order valence-corrected chi connectivity index (χ2v) is 4.03. The first-order valence-corrected chi connectivity index (χ1v) is 5.17. The molecule has 1 unspecified atom stereocenters. The van der Waals surface area contributed by atoms with Crippen molar-refractivity contribution in [3.05, 3.63) is 24.0 Å². The number of nitrogens with one attached hydrogen (secondary N) is 1. The second kappa shape index (κ2) is 3.97. The Hall–Kier alpha value is -0.760. The molecule has 1 saturated heterocycles. The summed E-state index contributed by atoms with van der Waals surface area (Å²) in [6.07, 6.45) is 6.09. The third kappa shape index (κ3) is 2.13. The van der Waals surface area contributed by atoms with Crippen LogP contribution in [0.25, 0.3) is 0 Å². The number of piperidine rings is 1. The van der Waals surface area contributed by atoms with Crippen LogP contribution in [-0.4, -0.2) is 17.7 Å². The summed E-state index contributed by atoms with van der Waals surface area (Å²) in [5, 5.41) is 3.46.